The molecule has 0 radical (unpaired) electrons. The first-order chi connectivity index (χ1) is 18.4. The summed E-state index contributed by atoms with van der Waals surface area (Å²) in [7, 11) is 0. The molecule has 2 saturated heterocycles. The van der Waals surface area contributed by atoms with Gasteiger partial charge in [-0.2, -0.15) is 13.2 Å². The van der Waals surface area contributed by atoms with Gasteiger partial charge in [-0.3, -0.25) is 15.1 Å². The van der Waals surface area contributed by atoms with Gasteiger partial charge in [0.25, 0.3) is 0 Å². The summed E-state index contributed by atoms with van der Waals surface area (Å²) in [5.74, 6) is -0.0158. The van der Waals surface area contributed by atoms with Crippen molar-refractivity contribution in [3.8, 4) is 0 Å². The van der Waals surface area contributed by atoms with E-state index in [-0.39, 0.29) is 29.6 Å². The topological polar surface area (TPSA) is 100 Å². The number of allylic oxidation sites excluding steroid dienone is 1. The number of nitrogens with one attached hydrogen (secondary N) is 2. The number of alkyl halides is 3. The van der Waals surface area contributed by atoms with Crippen molar-refractivity contribution >= 4 is 18.1 Å². The highest BCUT2D eigenvalue weighted by Crippen LogP contribution is 2.36. The molecule has 3 fully saturated rings. The van der Waals surface area contributed by atoms with Crippen molar-refractivity contribution in [3.05, 3.63) is 47.7 Å². The van der Waals surface area contributed by atoms with Crippen LogP contribution in [0.1, 0.15) is 56.6 Å². The van der Waals surface area contributed by atoms with E-state index >= 15 is 0 Å². The van der Waals surface area contributed by atoms with E-state index in [1.807, 2.05) is 0 Å². The number of nitrogens with zero attached hydrogens (tertiary/aromatic N) is 2. The molecule has 3 amide bonds. The number of ether oxygens (including phenoxy) is 2. The Kier molecular flexibility index (Phi) is 8.73. The van der Waals surface area contributed by atoms with Crippen LogP contribution in [0.4, 0.5) is 22.8 Å². The van der Waals surface area contributed by atoms with E-state index in [1.165, 1.54) is 19.1 Å². The molecular formula is C27H35F3N4O5. The molecule has 2 aliphatic heterocycles. The number of halogens is 3. The summed E-state index contributed by atoms with van der Waals surface area (Å²) in [6.07, 6.45) is -1.24. The molecule has 39 heavy (non-hydrogen) atoms. The lowest BCUT2D eigenvalue weighted by atomic mass is 9.81. The first kappa shape index (κ1) is 28.7. The molecule has 9 nitrogen and oxygen atoms in total. The minimum Gasteiger partial charge on any atom is -0.441 e. The van der Waals surface area contributed by atoms with Crippen LogP contribution in [0.5, 0.6) is 0 Å². The van der Waals surface area contributed by atoms with Gasteiger partial charge in [-0.1, -0.05) is 18.7 Å². The number of piperidine rings is 1. The van der Waals surface area contributed by atoms with Crippen molar-refractivity contribution in [2.24, 2.45) is 11.8 Å². The molecule has 1 aliphatic carbocycles. The number of amides is 3. The van der Waals surface area contributed by atoms with Crippen LogP contribution in [0.3, 0.4) is 0 Å². The SMILES string of the molecule is C=C(C)OC(=O)NNC(=O)C1CCC(CN2CC3(CCN(Cc4ccc(C(F)(F)F)cc4)CC3)OC2=O)CC1. The first-order valence-electron chi connectivity index (χ1n) is 13.2. The summed E-state index contributed by atoms with van der Waals surface area (Å²) in [4.78, 5) is 40.5. The summed E-state index contributed by atoms with van der Waals surface area (Å²) in [5.41, 5.74) is 4.22. The highest BCUT2D eigenvalue weighted by Gasteiger charge is 2.47. The van der Waals surface area contributed by atoms with Gasteiger partial charge in [0, 0.05) is 44.9 Å². The third kappa shape index (κ3) is 7.65. The number of carbonyl (C=O) groups is 3. The number of benzene rings is 1. The Morgan fingerprint density at radius 1 is 1.10 bits per heavy atom. The zero-order chi connectivity index (χ0) is 28.2. The van der Waals surface area contributed by atoms with E-state index in [9.17, 15) is 27.6 Å². The second-order valence-corrected chi connectivity index (χ2v) is 10.8. The van der Waals surface area contributed by atoms with Crippen LogP contribution < -0.4 is 10.9 Å². The minimum absolute atomic E-state index is 0.216. The number of hydrogen-bond acceptors (Lipinski definition) is 6. The van der Waals surface area contributed by atoms with Gasteiger partial charge >= 0.3 is 18.4 Å². The van der Waals surface area contributed by atoms with Gasteiger partial charge in [0.1, 0.15) is 5.60 Å². The number of rotatable bonds is 6. The molecule has 12 heteroatoms. The van der Waals surface area contributed by atoms with Crippen LogP contribution in [0, 0.1) is 11.8 Å². The minimum atomic E-state index is -4.35. The lowest BCUT2D eigenvalue weighted by Crippen LogP contribution is -2.47. The molecule has 214 valence electrons. The molecule has 1 aromatic rings. The van der Waals surface area contributed by atoms with Crippen LogP contribution in [0.2, 0.25) is 0 Å². The number of carbonyl (C=O) groups excluding carboxylic acids is 3. The van der Waals surface area contributed by atoms with Crippen molar-refractivity contribution in [2.45, 2.75) is 63.8 Å². The molecule has 4 rings (SSSR count). The van der Waals surface area contributed by atoms with Gasteiger partial charge in [-0.25, -0.2) is 15.0 Å². The zero-order valence-corrected chi connectivity index (χ0v) is 22.0. The average Bonchev–Trinajstić information content (AvgIpc) is 3.18. The lowest BCUT2D eigenvalue weighted by Gasteiger charge is -2.37. The van der Waals surface area contributed by atoms with Crippen molar-refractivity contribution in [1.82, 2.24) is 20.7 Å². The van der Waals surface area contributed by atoms with E-state index in [4.69, 9.17) is 9.47 Å². The molecular weight excluding hydrogens is 517 g/mol. The Morgan fingerprint density at radius 2 is 1.74 bits per heavy atom. The fourth-order valence-corrected chi connectivity index (χ4v) is 5.59. The Morgan fingerprint density at radius 3 is 2.33 bits per heavy atom. The Bertz CT molecular complexity index is 1060. The standard InChI is InChI=1S/C27H35F3N4O5/c1-18(2)38-24(36)32-31-23(35)21-7-3-20(4-8-21)16-34-17-26(39-25(34)37)11-13-33(14-12-26)15-19-5-9-22(10-6-19)27(28,29)30/h5-6,9-10,20-21H,1,3-4,7-8,11-17H2,2H3,(H,31,35)(H,32,36). The second-order valence-electron chi connectivity index (χ2n) is 10.8. The Balaban J connectivity index is 1.18. The maximum absolute atomic E-state index is 12.8. The Labute approximate surface area is 225 Å². The van der Waals surface area contributed by atoms with Gasteiger partial charge in [0.2, 0.25) is 5.91 Å². The zero-order valence-electron chi connectivity index (χ0n) is 22.0. The summed E-state index contributed by atoms with van der Waals surface area (Å²) in [5, 5.41) is 0. The maximum atomic E-state index is 12.8. The summed E-state index contributed by atoms with van der Waals surface area (Å²) >= 11 is 0. The van der Waals surface area contributed by atoms with Crippen LogP contribution >= 0.6 is 0 Å². The maximum Gasteiger partial charge on any atom is 0.431 e. The fraction of sp³-hybridized carbons (Fsp3) is 0.593. The van der Waals surface area contributed by atoms with Crippen LogP contribution in [0.25, 0.3) is 0 Å². The molecule has 1 aromatic carbocycles. The highest BCUT2D eigenvalue weighted by molar-refractivity contribution is 5.81. The largest absolute Gasteiger partial charge is 0.441 e. The van der Waals surface area contributed by atoms with E-state index in [0.717, 1.165) is 30.5 Å². The average molecular weight is 553 g/mol. The highest BCUT2D eigenvalue weighted by atomic mass is 19.4. The number of likely N-dealkylation sites (tertiary alicyclic amines) is 1. The van der Waals surface area contributed by atoms with Crippen LogP contribution in [-0.4, -0.2) is 59.7 Å². The molecule has 1 spiro atoms. The number of hydrogen-bond donors (Lipinski definition) is 2. The summed E-state index contributed by atoms with van der Waals surface area (Å²) < 4.78 is 49.0. The molecule has 0 bridgehead atoms. The summed E-state index contributed by atoms with van der Waals surface area (Å²) in [6.45, 7) is 8.01. The van der Waals surface area contributed by atoms with Crippen molar-refractivity contribution in [1.29, 1.82) is 0 Å². The van der Waals surface area contributed by atoms with Gasteiger partial charge in [0.05, 0.1) is 17.9 Å². The third-order valence-electron chi connectivity index (χ3n) is 7.75. The van der Waals surface area contributed by atoms with Crippen LogP contribution in [0.15, 0.2) is 36.6 Å². The third-order valence-corrected chi connectivity index (χ3v) is 7.75. The molecule has 0 aromatic heterocycles. The molecule has 3 aliphatic rings. The summed E-state index contributed by atoms with van der Waals surface area (Å²) in [6, 6.07) is 5.23. The van der Waals surface area contributed by atoms with E-state index < -0.39 is 23.4 Å². The molecule has 2 heterocycles. The smallest absolute Gasteiger partial charge is 0.431 e. The monoisotopic (exact) mass is 552 g/mol. The van der Waals surface area contributed by atoms with Crippen molar-refractivity contribution in [3.63, 3.8) is 0 Å². The normalized spacial score (nSPS) is 23.3. The van der Waals surface area contributed by atoms with E-state index in [2.05, 4.69) is 22.3 Å². The van der Waals surface area contributed by atoms with E-state index in [0.29, 0.717) is 58.4 Å². The van der Waals surface area contributed by atoms with Gasteiger partial charge < -0.3 is 14.4 Å². The van der Waals surface area contributed by atoms with Gasteiger partial charge in [-0.05, 0) is 56.2 Å². The molecule has 0 unspecified atom stereocenters. The fourth-order valence-electron chi connectivity index (χ4n) is 5.59. The van der Waals surface area contributed by atoms with Gasteiger partial charge in [0.15, 0.2) is 0 Å². The van der Waals surface area contributed by atoms with Crippen molar-refractivity contribution < 1.29 is 37.0 Å². The van der Waals surface area contributed by atoms with Crippen LogP contribution in [-0.2, 0) is 27.0 Å². The van der Waals surface area contributed by atoms with Gasteiger partial charge in [-0.15, -0.1) is 0 Å². The predicted octanol–water partition coefficient (Wildman–Crippen LogP) is 4.59. The van der Waals surface area contributed by atoms with Crippen molar-refractivity contribution in [2.75, 3.05) is 26.2 Å². The quantitative estimate of drug-likeness (QED) is 0.396. The predicted molar refractivity (Wildman–Crippen MR) is 135 cm³/mol. The second kappa shape index (κ2) is 11.8. The molecule has 2 N–H and O–H groups in total. The first-order valence-corrected chi connectivity index (χ1v) is 13.2. The lowest BCUT2D eigenvalue weighted by molar-refractivity contribution is -0.137. The molecule has 1 saturated carbocycles. The number of hydrazine groups is 1. The van der Waals surface area contributed by atoms with E-state index in [1.54, 1.807) is 4.90 Å². The molecule has 0 atom stereocenters. The Hall–Kier alpha value is -3.28.